The van der Waals surface area contributed by atoms with Crippen molar-refractivity contribution in [3.05, 3.63) is 52.9 Å². The molecule has 3 aromatic rings. The fourth-order valence-electron chi connectivity index (χ4n) is 4.21. The summed E-state index contributed by atoms with van der Waals surface area (Å²) in [5.41, 5.74) is 0.745. The van der Waals surface area contributed by atoms with Crippen molar-refractivity contribution in [2.45, 2.75) is 51.7 Å². The predicted molar refractivity (Wildman–Crippen MR) is 117 cm³/mol. The third-order valence-electron chi connectivity index (χ3n) is 5.89. The summed E-state index contributed by atoms with van der Waals surface area (Å²) in [5, 5.41) is 18.2. The third kappa shape index (κ3) is 3.59. The molecule has 30 heavy (non-hydrogen) atoms. The van der Waals surface area contributed by atoms with Crippen molar-refractivity contribution in [3.8, 4) is 6.07 Å². The van der Waals surface area contributed by atoms with Crippen LogP contribution < -0.4 is 10.9 Å². The normalized spacial score (nSPS) is 22.0. The van der Waals surface area contributed by atoms with Crippen molar-refractivity contribution in [2.24, 2.45) is 5.41 Å². The van der Waals surface area contributed by atoms with Gasteiger partial charge < -0.3 is 15.0 Å². The second-order valence-electron chi connectivity index (χ2n) is 9.08. The van der Waals surface area contributed by atoms with Crippen LogP contribution in [0.1, 0.15) is 40.0 Å². The number of para-hydroxylation sites is 1. The number of benzene rings is 1. The van der Waals surface area contributed by atoms with Gasteiger partial charge in [0.05, 0.1) is 36.3 Å². The first-order valence-corrected chi connectivity index (χ1v) is 10.3. The Balaban J connectivity index is 1.80. The zero-order chi connectivity index (χ0) is 21.4. The maximum absolute atomic E-state index is 12.7. The molecule has 0 amide bonds. The Morgan fingerprint density at radius 2 is 2.10 bits per heavy atom. The van der Waals surface area contributed by atoms with E-state index >= 15 is 0 Å². The topological polar surface area (TPSA) is 95.7 Å². The van der Waals surface area contributed by atoms with E-state index in [9.17, 15) is 10.1 Å². The van der Waals surface area contributed by atoms with Gasteiger partial charge in [-0.3, -0.25) is 9.48 Å². The van der Waals surface area contributed by atoms with Crippen LogP contribution in [0.4, 0.5) is 11.5 Å². The van der Waals surface area contributed by atoms with Crippen LogP contribution >= 0.6 is 0 Å². The van der Waals surface area contributed by atoms with Gasteiger partial charge in [0.2, 0.25) is 0 Å². The van der Waals surface area contributed by atoms with Gasteiger partial charge in [-0.15, -0.1) is 0 Å². The lowest BCUT2D eigenvalue weighted by molar-refractivity contribution is -0.100. The number of hydrogen-bond acceptors (Lipinski definition) is 5. The molecule has 2 unspecified atom stereocenters. The molecule has 0 spiro atoms. The molecule has 3 heterocycles. The van der Waals surface area contributed by atoms with Crippen molar-refractivity contribution in [1.29, 1.82) is 5.26 Å². The second-order valence-corrected chi connectivity index (χ2v) is 9.08. The van der Waals surface area contributed by atoms with Gasteiger partial charge in [0, 0.05) is 11.9 Å². The Labute approximate surface area is 175 Å². The van der Waals surface area contributed by atoms with E-state index < -0.39 is 5.54 Å². The molecule has 7 nitrogen and oxygen atoms in total. The largest absolute Gasteiger partial charge is 0.375 e. The average Bonchev–Trinajstić information content (AvgIpc) is 3.09. The average molecular weight is 406 g/mol. The first-order chi connectivity index (χ1) is 14.3. The molecule has 1 saturated heterocycles. The van der Waals surface area contributed by atoms with Crippen molar-refractivity contribution in [3.63, 3.8) is 0 Å². The number of aromatic amines is 1. The molecule has 0 radical (unpaired) electrons. The molecule has 4 rings (SSSR count). The zero-order valence-electron chi connectivity index (χ0n) is 17.6. The highest BCUT2D eigenvalue weighted by atomic mass is 16.5. The monoisotopic (exact) mass is 405 g/mol. The molecular formula is C23H27N5O2. The molecule has 2 atom stereocenters. The lowest BCUT2D eigenvalue weighted by Crippen LogP contribution is -2.47. The number of H-pyrrole nitrogens is 1. The molecule has 2 N–H and O–H groups in total. The summed E-state index contributed by atoms with van der Waals surface area (Å²) in [6, 6.07) is 13.8. The number of aromatic nitrogens is 3. The van der Waals surface area contributed by atoms with E-state index in [-0.39, 0.29) is 23.5 Å². The van der Waals surface area contributed by atoms with Gasteiger partial charge >= 0.3 is 0 Å². The number of hydrogen-bond donors (Lipinski definition) is 2. The number of rotatable bonds is 4. The van der Waals surface area contributed by atoms with Crippen molar-refractivity contribution < 1.29 is 4.74 Å². The minimum atomic E-state index is -0.612. The zero-order valence-corrected chi connectivity index (χ0v) is 17.6. The Morgan fingerprint density at radius 1 is 1.33 bits per heavy atom. The van der Waals surface area contributed by atoms with Gasteiger partial charge in [0.15, 0.2) is 5.82 Å². The van der Waals surface area contributed by atoms with Gasteiger partial charge in [-0.25, -0.2) is 0 Å². The van der Waals surface area contributed by atoms with E-state index in [1.807, 2.05) is 41.1 Å². The smallest absolute Gasteiger partial charge is 0.261 e. The Hall–Kier alpha value is -3.11. The fraction of sp³-hybridized carbons (Fsp3) is 0.435. The highest BCUT2D eigenvalue weighted by Crippen LogP contribution is 2.40. The van der Waals surface area contributed by atoms with Crippen LogP contribution in [0.3, 0.4) is 0 Å². The van der Waals surface area contributed by atoms with Gasteiger partial charge in [-0.1, -0.05) is 39.0 Å². The molecule has 1 fully saturated rings. The van der Waals surface area contributed by atoms with Gasteiger partial charge in [0.25, 0.3) is 5.56 Å². The van der Waals surface area contributed by atoms with Crippen molar-refractivity contribution >= 4 is 22.4 Å². The van der Waals surface area contributed by atoms with E-state index in [0.717, 1.165) is 18.5 Å². The Morgan fingerprint density at radius 3 is 2.73 bits per heavy atom. The summed E-state index contributed by atoms with van der Waals surface area (Å²) in [5.74, 6) is 0.480. The van der Waals surface area contributed by atoms with Crippen LogP contribution in [0.2, 0.25) is 0 Å². The van der Waals surface area contributed by atoms with Crippen LogP contribution in [-0.4, -0.2) is 27.5 Å². The molecule has 7 heteroatoms. The lowest BCUT2D eigenvalue weighted by atomic mass is 9.79. The van der Waals surface area contributed by atoms with Crippen LogP contribution in [0.15, 0.2) is 47.4 Å². The molecule has 2 aromatic heterocycles. The van der Waals surface area contributed by atoms with Crippen LogP contribution in [0.25, 0.3) is 10.9 Å². The van der Waals surface area contributed by atoms with Gasteiger partial charge in [0.1, 0.15) is 5.39 Å². The molecule has 0 aliphatic carbocycles. The third-order valence-corrected chi connectivity index (χ3v) is 5.89. The van der Waals surface area contributed by atoms with Gasteiger partial charge in [-0.05, 0) is 36.5 Å². The fourth-order valence-corrected chi connectivity index (χ4v) is 4.21. The van der Waals surface area contributed by atoms with Crippen molar-refractivity contribution in [1.82, 2.24) is 14.8 Å². The number of nitrogens with one attached hydrogen (secondary N) is 2. The van der Waals surface area contributed by atoms with E-state index in [2.05, 4.69) is 37.1 Å². The van der Waals surface area contributed by atoms with E-state index in [0.29, 0.717) is 23.3 Å². The summed E-state index contributed by atoms with van der Waals surface area (Å²) in [4.78, 5) is 15.4. The quantitative estimate of drug-likeness (QED) is 0.675. The number of pyridine rings is 1. The minimum Gasteiger partial charge on any atom is -0.375 e. The second kappa shape index (κ2) is 7.62. The first-order valence-electron chi connectivity index (χ1n) is 10.3. The van der Waals surface area contributed by atoms with Crippen LogP contribution in [-0.2, 0) is 10.3 Å². The van der Waals surface area contributed by atoms with Gasteiger partial charge in [-0.2, -0.15) is 10.4 Å². The molecule has 1 aliphatic rings. The molecule has 156 valence electrons. The molecule has 1 aliphatic heterocycles. The summed E-state index contributed by atoms with van der Waals surface area (Å²) in [6.07, 6.45) is 3.60. The number of fused-ring (bicyclic) bond motifs is 1. The highest BCUT2D eigenvalue weighted by Gasteiger charge is 2.43. The molecule has 0 saturated carbocycles. The summed E-state index contributed by atoms with van der Waals surface area (Å²) in [6.45, 7) is 6.88. The van der Waals surface area contributed by atoms with Crippen LogP contribution in [0, 0.1) is 16.7 Å². The highest BCUT2D eigenvalue weighted by molar-refractivity contribution is 5.91. The van der Waals surface area contributed by atoms with Crippen molar-refractivity contribution in [2.75, 3.05) is 11.9 Å². The SMILES string of the molecule is CC(C)(C)C1CCC(CC#N)(n2nc(Nc3ccccc3)c3c(=O)[nH]ccc32)CO1. The summed E-state index contributed by atoms with van der Waals surface area (Å²) in [7, 11) is 0. The lowest BCUT2D eigenvalue weighted by Gasteiger charge is -2.43. The predicted octanol–water partition coefficient (Wildman–Crippen LogP) is 4.30. The molecular weight excluding hydrogens is 378 g/mol. The molecule has 0 bridgehead atoms. The summed E-state index contributed by atoms with van der Waals surface area (Å²) < 4.78 is 8.09. The number of nitriles is 1. The van der Waals surface area contributed by atoms with E-state index in [1.54, 1.807) is 6.20 Å². The maximum Gasteiger partial charge on any atom is 0.261 e. The summed E-state index contributed by atoms with van der Waals surface area (Å²) >= 11 is 0. The standard InChI is InChI=1S/C23H27N5O2/c1-22(2,3)18-9-11-23(12-13-24,15-30-18)28-17-10-14-25-21(29)19(17)20(27-28)26-16-7-5-4-6-8-16/h4-8,10,14,18H,9,11-12,15H2,1-3H3,(H,25,29)(H,26,27). The number of anilines is 2. The Kier molecular flexibility index (Phi) is 5.12. The van der Waals surface area contributed by atoms with Crippen LogP contribution in [0.5, 0.6) is 0 Å². The molecule has 1 aromatic carbocycles. The minimum absolute atomic E-state index is 0.0299. The Bertz CT molecular complexity index is 1130. The number of nitrogens with zero attached hydrogens (tertiary/aromatic N) is 3. The number of ether oxygens (including phenoxy) is 1. The maximum atomic E-state index is 12.7. The van der Waals surface area contributed by atoms with E-state index in [1.165, 1.54) is 0 Å². The first kappa shape index (κ1) is 20.2. The van der Waals surface area contributed by atoms with E-state index in [4.69, 9.17) is 9.84 Å².